The summed E-state index contributed by atoms with van der Waals surface area (Å²) in [7, 11) is 5.32. The van der Waals surface area contributed by atoms with Crippen LogP contribution in [0.4, 0.5) is 0 Å². The third kappa shape index (κ3) is 34.9. The zero-order valence-corrected chi connectivity index (χ0v) is 11.5. The maximum atomic E-state index is 3.98. The van der Waals surface area contributed by atoms with Crippen molar-refractivity contribution < 1.29 is 32.7 Å². The molecule has 0 bridgehead atoms. The van der Waals surface area contributed by atoms with Gasteiger partial charge in [-0.15, -0.1) is 0 Å². The second-order valence-electron chi connectivity index (χ2n) is 2.13. The van der Waals surface area contributed by atoms with Crippen LogP contribution < -0.4 is 0 Å². The van der Waals surface area contributed by atoms with Gasteiger partial charge in [0.2, 0.25) is 0 Å². The van der Waals surface area contributed by atoms with Crippen LogP contribution in [0.1, 0.15) is 0 Å². The van der Waals surface area contributed by atoms with Crippen molar-refractivity contribution in [1.29, 1.82) is 0 Å². The summed E-state index contributed by atoms with van der Waals surface area (Å²) in [6, 6.07) is 0. The minimum absolute atomic E-state index is 0. The Bertz CT molecular complexity index is 44.7. The fraction of sp³-hybridized carbons (Fsp3) is 1.00. The van der Waals surface area contributed by atoms with Crippen molar-refractivity contribution in [2.75, 3.05) is 27.3 Å². The molecule has 0 aliphatic rings. The Labute approximate surface area is 92.0 Å². The summed E-state index contributed by atoms with van der Waals surface area (Å²) in [5.41, 5.74) is 0. The minimum atomic E-state index is -0.0522. The molecule has 0 aromatic heterocycles. The molecule has 0 aliphatic carbocycles. The van der Waals surface area contributed by atoms with Gasteiger partial charge in [0.15, 0.2) is 0 Å². The summed E-state index contributed by atoms with van der Waals surface area (Å²) < 4.78 is 0. The summed E-state index contributed by atoms with van der Waals surface area (Å²) in [6.07, 6.45) is 1.10. The van der Waals surface area contributed by atoms with Gasteiger partial charge in [-0.05, 0) is 0 Å². The molecule has 0 fully saturated rings. The molecular formula is C6H17N2SiY-2. The molecule has 10 heavy (non-hydrogen) atoms. The Hall–Kier alpha value is 1.24. The van der Waals surface area contributed by atoms with Crippen LogP contribution in [0.5, 0.6) is 0 Å². The molecule has 0 N–H and O–H groups in total. The molecule has 0 spiro atoms. The normalized spacial score (nSPS) is 7.80. The van der Waals surface area contributed by atoms with E-state index >= 15 is 0 Å². The van der Waals surface area contributed by atoms with Crippen LogP contribution >= 0.6 is 0 Å². The predicted octanol–water partition coefficient (Wildman–Crippen LogP) is 1.90. The quantitative estimate of drug-likeness (QED) is 0.653. The average molecular weight is 234 g/mol. The first-order valence-electron chi connectivity index (χ1n) is 3.01. The van der Waals surface area contributed by atoms with Crippen molar-refractivity contribution in [3.05, 3.63) is 10.6 Å². The third-order valence-electron chi connectivity index (χ3n) is 0.474. The monoisotopic (exact) mass is 234 g/mol. The van der Waals surface area contributed by atoms with Crippen molar-refractivity contribution in [2.24, 2.45) is 0 Å². The largest absolute Gasteiger partial charge is 0.668 e. The van der Waals surface area contributed by atoms with Crippen molar-refractivity contribution in [1.82, 2.24) is 0 Å². The van der Waals surface area contributed by atoms with Crippen molar-refractivity contribution >= 4 is 8.80 Å². The molecule has 0 amide bonds. The SMILES string of the molecule is C[N-]C.C[N-]C[Si](C)C.[Y]. The number of hydrogen-bond donors (Lipinski definition) is 0. The van der Waals surface area contributed by atoms with Crippen molar-refractivity contribution in [3.63, 3.8) is 0 Å². The van der Waals surface area contributed by atoms with Crippen LogP contribution in [0.3, 0.4) is 0 Å². The Kier molecular flexibility index (Phi) is 29.0. The van der Waals surface area contributed by atoms with Crippen LogP contribution in [-0.4, -0.2) is 36.1 Å². The van der Waals surface area contributed by atoms with Crippen LogP contribution in [0.2, 0.25) is 13.1 Å². The molecule has 0 saturated carbocycles. The van der Waals surface area contributed by atoms with Gasteiger partial charge in [0.1, 0.15) is 0 Å². The van der Waals surface area contributed by atoms with Gasteiger partial charge in [-0.1, -0.05) is 13.1 Å². The summed E-state index contributed by atoms with van der Waals surface area (Å²) in [5, 5.41) is 7.48. The third-order valence-corrected chi connectivity index (χ3v) is 1.42. The van der Waals surface area contributed by atoms with E-state index in [0.717, 1.165) is 6.17 Å². The van der Waals surface area contributed by atoms with Crippen molar-refractivity contribution in [3.8, 4) is 0 Å². The molecule has 0 aromatic rings. The molecular weight excluding hydrogens is 217 g/mol. The molecule has 2 nitrogen and oxygen atoms in total. The Morgan fingerprint density at radius 3 is 1.40 bits per heavy atom. The fourth-order valence-electron chi connectivity index (χ4n) is 0.316. The number of nitrogens with zero attached hydrogens (tertiary/aromatic N) is 2. The van der Waals surface area contributed by atoms with Gasteiger partial charge in [-0.2, -0.15) is 27.3 Å². The van der Waals surface area contributed by atoms with E-state index in [4.69, 9.17) is 0 Å². The first-order valence-corrected chi connectivity index (χ1v) is 5.72. The van der Waals surface area contributed by atoms with E-state index in [2.05, 4.69) is 23.7 Å². The first-order chi connectivity index (χ1) is 4.18. The Morgan fingerprint density at radius 2 is 1.40 bits per heavy atom. The molecule has 0 atom stereocenters. The zero-order chi connectivity index (χ0) is 7.70. The van der Waals surface area contributed by atoms with E-state index in [1.165, 1.54) is 0 Å². The van der Waals surface area contributed by atoms with Gasteiger partial charge < -0.3 is 10.6 Å². The average Bonchev–Trinajstić information content (AvgIpc) is 1.67. The molecule has 0 aromatic carbocycles. The van der Waals surface area contributed by atoms with E-state index in [1.807, 2.05) is 7.05 Å². The topological polar surface area (TPSA) is 28.2 Å². The maximum Gasteiger partial charge on any atom is 0.0195 e. The summed E-state index contributed by atoms with van der Waals surface area (Å²) >= 11 is 0. The number of rotatable bonds is 2. The van der Waals surface area contributed by atoms with Crippen LogP contribution in [-0.2, 0) is 32.7 Å². The summed E-state index contributed by atoms with van der Waals surface area (Å²) in [5.74, 6) is 0. The Balaban J connectivity index is -0.000000107. The van der Waals surface area contributed by atoms with Gasteiger partial charge in [0, 0.05) is 41.5 Å². The Morgan fingerprint density at radius 1 is 1.10 bits per heavy atom. The zero-order valence-electron chi connectivity index (χ0n) is 7.68. The van der Waals surface area contributed by atoms with E-state index < -0.39 is 0 Å². The van der Waals surface area contributed by atoms with Gasteiger partial charge >= 0.3 is 0 Å². The van der Waals surface area contributed by atoms with Gasteiger partial charge in [-0.25, -0.2) is 0 Å². The first kappa shape index (κ1) is 17.4. The molecule has 0 rings (SSSR count). The van der Waals surface area contributed by atoms with E-state index in [9.17, 15) is 0 Å². The standard InChI is InChI=1S/C4H11NSi.C2H6N.Y/c1-5-4-6(2)3;1-3-2;/h4H2,1-3H3;1-2H3;/q2*-1;. The van der Waals surface area contributed by atoms with Crippen LogP contribution in [0.25, 0.3) is 10.6 Å². The second-order valence-corrected chi connectivity index (χ2v) is 4.86. The molecule has 0 unspecified atom stereocenters. The second kappa shape index (κ2) is 16.7. The minimum Gasteiger partial charge on any atom is -0.668 e. The molecule has 0 aliphatic heterocycles. The van der Waals surface area contributed by atoms with E-state index in [0.29, 0.717) is 0 Å². The van der Waals surface area contributed by atoms with Crippen LogP contribution in [0, 0.1) is 0 Å². The summed E-state index contributed by atoms with van der Waals surface area (Å²) in [4.78, 5) is 0. The van der Waals surface area contributed by atoms with Gasteiger partial charge in [0.25, 0.3) is 0 Å². The molecule has 4 heteroatoms. The van der Waals surface area contributed by atoms with Gasteiger partial charge in [0.05, 0.1) is 0 Å². The van der Waals surface area contributed by atoms with Gasteiger partial charge in [-0.3, -0.25) is 0 Å². The molecule has 2 radical (unpaired) electrons. The smallest absolute Gasteiger partial charge is 0.0195 e. The van der Waals surface area contributed by atoms with Crippen LogP contribution in [0.15, 0.2) is 0 Å². The molecule has 0 heterocycles. The molecule has 0 saturated heterocycles. The summed E-state index contributed by atoms with van der Waals surface area (Å²) in [6.45, 7) is 4.52. The van der Waals surface area contributed by atoms with Crippen molar-refractivity contribution in [2.45, 2.75) is 13.1 Å². The molecule has 60 valence electrons. The maximum absolute atomic E-state index is 3.98. The number of hydrogen-bond acceptors (Lipinski definition) is 0. The van der Waals surface area contributed by atoms with E-state index in [-0.39, 0.29) is 41.5 Å². The van der Waals surface area contributed by atoms with E-state index in [1.54, 1.807) is 14.1 Å². The fourth-order valence-corrected chi connectivity index (χ4v) is 0.949. The predicted molar refractivity (Wildman–Crippen MR) is 46.8 cm³/mol.